The second kappa shape index (κ2) is 7.29. The van der Waals surface area contributed by atoms with Crippen molar-refractivity contribution in [1.29, 1.82) is 0 Å². The summed E-state index contributed by atoms with van der Waals surface area (Å²) >= 11 is 5.95. The monoisotopic (exact) mass is 374 g/mol. The van der Waals surface area contributed by atoms with Crippen molar-refractivity contribution in [2.75, 3.05) is 19.7 Å². The summed E-state index contributed by atoms with van der Waals surface area (Å²) in [5.41, 5.74) is 2.73. The molecule has 2 aliphatic rings. The molecule has 6 nitrogen and oxygen atoms in total. The number of hydrogen-bond acceptors (Lipinski definition) is 3. The number of urea groups is 1. The molecule has 1 aliphatic heterocycles. The van der Waals surface area contributed by atoms with Gasteiger partial charge in [-0.3, -0.25) is 5.10 Å². The molecule has 2 aromatic rings. The molecule has 0 unspecified atom stereocenters. The molecule has 0 radical (unpaired) electrons. The number of nitrogens with one attached hydrogen (secondary N) is 2. The van der Waals surface area contributed by atoms with Crippen LogP contribution in [0.4, 0.5) is 4.79 Å². The van der Waals surface area contributed by atoms with Gasteiger partial charge in [0.15, 0.2) is 0 Å². The van der Waals surface area contributed by atoms with Crippen LogP contribution in [0.15, 0.2) is 30.5 Å². The number of aromatic amines is 1. The van der Waals surface area contributed by atoms with Gasteiger partial charge in [-0.05, 0) is 30.5 Å². The van der Waals surface area contributed by atoms with E-state index in [1.807, 2.05) is 29.2 Å². The standard InChI is InChI=1S/C19H23ClN4O2/c20-16-5-3-14(4-6-16)17-15(12-22-23-17)11-21-18(25)24-9-10-26-19(13-24)7-1-2-8-19/h3-6,12H,1-2,7-11,13H2,(H,21,25)(H,22,23). The maximum absolute atomic E-state index is 12.6. The molecule has 0 bridgehead atoms. The summed E-state index contributed by atoms with van der Waals surface area (Å²) in [6.07, 6.45) is 6.24. The maximum atomic E-state index is 12.6. The molecule has 0 atom stereocenters. The average molecular weight is 375 g/mol. The number of H-pyrrole nitrogens is 1. The number of hydrogen-bond donors (Lipinski definition) is 2. The number of nitrogens with zero attached hydrogens (tertiary/aromatic N) is 2. The lowest BCUT2D eigenvalue weighted by Crippen LogP contribution is -2.54. The van der Waals surface area contributed by atoms with Crippen molar-refractivity contribution in [2.24, 2.45) is 0 Å². The highest BCUT2D eigenvalue weighted by Crippen LogP contribution is 2.35. The number of carbonyl (C=O) groups excluding carboxylic acids is 1. The lowest BCUT2D eigenvalue weighted by molar-refractivity contribution is -0.0925. The SMILES string of the molecule is O=C(NCc1cn[nH]c1-c1ccc(Cl)cc1)N1CCOC2(CCCC2)C1. The minimum atomic E-state index is -0.111. The fraction of sp³-hybridized carbons (Fsp3) is 0.474. The molecule has 2 heterocycles. The number of morpholine rings is 1. The predicted molar refractivity (Wildman–Crippen MR) is 100.0 cm³/mol. The van der Waals surface area contributed by atoms with E-state index < -0.39 is 0 Å². The minimum Gasteiger partial charge on any atom is -0.371 e. The Bertz CT molecular complexity index is 768. The first-order valence-corrected chi connectivity index (χ1v) is 9.48. The molecule has 1 aromatic heterocycles. The third kappa shape index (κ3) is 3.57. The van der Waals surface area contributed by atoms with Crippen molar-refractivity contribution in [2.45, 2.75) is 37.8 Å². The molecule has 2 amide bonds. The van der Waals surface area contributed by atoms with Crippen molar-refractivity contribution < 1.29 is 9.53 Å². The Kier molecular flexibility index (Phi) is 4.87. The van der Waals surface area contributed by atoms with Gasteiger partial charge in [0.25, 0.3) is 0 Å². The van der Waals surface area contributed by atoms with E-state index in [9.17, 15) is 4.79 Å². The molecule has 1 saturated heterocycles. The summed E-state index contributed by atoms with van der Waals surface area (Å²) < 4.78 is 6.00. The van der Waals surface area contributed by atoms with Gasteiger partial charge in [0, 0.05) is 23.7 Å². The summed E-state index contributed by atoms with van der Waals surface area (Å²) in [5.74, 6) is 0. The molecule has 2 N–H and O–H groups in total. The molecule has 1 aromatic carbocycles. The normalized spacial score (nSPS) is 19.0. The van der Waals surface area contributed by atoms with E-state index in [0.717, 1.165) is 29.7 Å². The van der Waals surface area contributed by atoms with Crippen LogP contribution in [0.3, 0.4) is 0 Å². The number of halogens is 1. The van der Waals surface area contributed by atoms with Gasteiger partial charge in [0.05, 0.1) is 30.6 Å². The number of rotatable bonds is 3. The van der Waals surface area contributed by atoms with Gasteiger partial charge in [-0.15, -0.1) is 0 Å². The molecule has 1 spiro atoms. The van der Waals surface area contributed by atoms with Crippen molar-refractivity contribution in [3.8, 4) is 11.3 Å². The van der Waals surface area contributed by atoms with E-state index in [-0.39, 0.29) is 11.6 Å². The molecule has 1 aliphatic carbocycles. The van der Waals surface area contributed by atoms with Crippen LogP contribution >= 0.6 is 11.6 Å². The van der Waals surface area contributed by atoms with Gasteiger partial charge < -0.3 is 15.0 Å². The molecule has 4 rings (SSSR count). The third-order valence-corrected chi connectivity index (χ3v) is 5.58. The van der Waals surface area contributed by atoms with E-state index in [4.69, 9.17) is 16.3 Å². The van der Waals surface area contributed by atoms with E-state index in [1.54, 1.807) is 6.20 Å². The Balaban J connectivity index is 1.39. The molecule has 2 fully saturated rings. The van der Waals surface area contributed by atoms with Crippen LogP contribution in [0.1, 0.15) is 31.2 Å². The zero-order chi connectivity index (χ0) is 18.0. The number of carbonyl (C=O) groups is 1. The quantitative estimate of drug-likeness (QED) is 0.862. The predicted octanol–water partition coefficient (Wildman–Crippen LogP) is 3.58. The second-order valence-corrected chi connectivity index (χ2v) is 7.53. The van der Waals surface area contributed by atoms with Gasteiger partial charge >= 0.3 is 6.03 Å². The Morgan fingerprint density at radius 3 is 2.85 bits per heavy atom. The van der Waals surface area contributed by atoms with Crippen LogP contribution in [-0.4, -0.2) is 46.4 Å². The van der Waals surface area contributed by atoms with Gasteiger partial charge in [-0.25, -0.2) is 4.79 Å². The molecule has 1 saturated carbocycles. The lowest BCUT2D eigenvalue weighted by Gasteiger charge is -2.40. The van der Waals surface area contributed by atoms with Crippen LogP contribution in [0.2, 0.25) is 5.02 Å². The van der Waals surface area contributed by atoms with Crippen LogP contribution < -0.4 is 5.32 Å². The van der Waals surface area contributed by atoms with E-state index in [2.05, 4.69) is 15.5 Å². The summed E-state index contributed by atoms with van der Waals surface area (Å²) in [5, 5.41) is 10.9. The molecular formula is C19H23ClN4O2. The highest BCUT2D eigenvalue weighted by molar-refractivity contribution is 6.30. The summed E-state index contributed by atoms with van der Waals surface area (Å²) in [4.78, 5) is 14.5. The zero-order valence-corrected chi connectivity index (χ0v) is 15.4. The number of benzene rings is 1. The Labute approximate surface area is 157 Å². The first-order valence-electron chi connectivity index (χ1n) is 9.10. The minimum absolute atomic E-state index is 0.0390. The van der Waals surface area contributed by atoms with Crippen LogP contribution in [0, 0.1) is 0 Å². The van der Waals surface area contributed by atoms with E-state index >= 15 is 0 Å². The largest absolute Gasteiger partial charge is 0.371 e. The first-order chi connectivity index (χ1) is 12.7. The second-order valence-electron chi connectivity index (χ2n) is 7.10. The number of ether oxygens (including phenoxy) is 1. The summed E-state index contributed by atoms with van der Waals surface area (Å²) in [7, 11) is 0. The van der Waals surface area contributed by atoms with E-state index in [0.29, 0.717) is 31.3 Å². The molecule has 26 heavy (non-hydrogen) atoms. The zero-order valence-electron chi connectivity index (χ0n) is 14.6. The molecule has 138 valence electrons. The van der Waals surface area contributed by atoms with Crippen molar-refractivity contribution >= 4 is 17.6 Å². The van der Waals surface area contributed by atoms with Gasteiger partial charge in [-0.1, -0.05) is 36.6 Å². The highest BCUT2D eigenvalue weighted by Gasteiger charge is 2.40. The molecule has 7 heteroatoms. The van der Waals surface area contributed by atoms with Gasteiger partial charge in [-0.2, -0.15) is 5.10 Å². The van der Waals surface area contributed by atoms with Gasteiger partial charge in [0.1, 0.15) is 0 Å². The van der Waals surface area contributed by atoms with Crippen molar-refractivity contribution in [1.82, 2.24) is 20.4 Å². The fourth-order valence-corrected chi connectivity index (χ4v) is 4.06. The smallest absolute Gasteiger partial charge is 0.317 e. The van der Waals surface area contributed by atoms with Crippen LogP contribution in [-0.2, 0) is 11.3 Å². The molecular weight excluding hydrogens is 352 g/mol. The average Bonchev–Trinajstić information content (AvgIpc) is 3.30. The Morgan fingerprint density at radius 2 is 2.08 bits per heavy atom. The van der Waals surface area contributed by atoms with Crippen LogP contribution in [0.5, 0.6) is 0 Å². The Morgan fingerprint density at radius 1 is 1.31 bits per heavy atom. The summed E-state index contributed by atoms with van der Waals surface area (Å²) in [6.45, 7) is 2.38. The first kappa shape index (κ1) is 17.4. The number of amides is 2. The van der Waals surface area contributed by atoms with E-state index in [1.165, 1.54) is 12.8 Å². The topological polar surface area (TPSA) is 70.2 Å². The maximum Gasteiger partial charge on any atom is 0.317 e. The Hall–Kier alpha value is -2.05. The summed E-state index contributed by atoms with van der Waals surface area (Å²) in [6, 6.07) is 7.52. The van der Waals surface area contributed by atoms with Crippen LogP contribution in [0.25, 0.3) is 11.3 Å². The van der Waals surface area contributed by atoms with Crippen molar-refractivity contribution in [3.63, 3.8) is 0 Å². The fourth-order valence-electron chi connectivity index (χ4n) is 3.93. The highest BCUT2D eigenvalue weighted by atomic mass is 35.5. The lowest BCUT2D eigenvalue weighted by atomic mass is 10.00. The number of aromatic nitrogens is 2. The third-order valence-electron chi connectivity index (χ3n) is 5.33. The van der Waals surface area contributed by atoms with Gasteiger partial charge in [0.2, 0.25) is 0 Å². The van der Waals surface area contributed by atoms with Crippen molar-refractivity contribution in [3.05, 3.63) is 41.0 Å².